The number of likely N-dealkylation sites (tertiary alicyclic amines) is 1. The summed E-state index contributed by atoms with van der Waals surface area (Å²) in [5.74, 6) is 1.15. The Morgan fingerprint density at radius 1 is 1.20 bits per heavy atom. The zero-order valence-electron chi connectivity index (χ0n) is 21.5. The Bertz CT molecular complexity index is 1040. The van der Waals surface area contributed by atoms with Crippen molar-refractivity contribution in [1.29, 1.82) is 0 Å². The molecule has 35 heavy (non-hydrogen) atoms. The average Bonchev–Trinajstić information content (AvgIpc) is 2.83. The molecule has 0 bridgehead atoms. The van der Waals surface area contributed by atoms with E-state index in [1.165, 1.54) is 5.56 Å². The molecule has 0 aliphatic carbocycles. The van der Waals surface area contributed by atoms with Gasteiger partial charge in [-0.3, -0.25) is 4.79 Å². The summed E-state index contributed by atoms with van der Waals surface area (Å²) in [5, 5.41) is 3.53. The third kappa shape index (κ3) is 5.36. The molecular formula is C28H39N5O2. The van der Waals surface area contributed by atoms with Crippen molar-refractivity contribution in [2.45, 2.75) is 76.6 Å². The Morgan fingerprint density at radius 2 is 2.00 bits per heavy atom. The predicted molar refractivity (Wildman–Crippen MR) is 137 cm³/mol. The van der Waals surface area contributed by atoms with Gasteiger partial charge in [-0.15, -0.1) is 0 Å². The van der Waals surface area contributed by atoms with Crippen LogP contribution in [0.4, 0.5) is 5.95 Å². The molecule has 4 heterocycles. The highest BCUT2D eigenvalue weighted by atomic mass is 16.5. The second kappa shape index (κ2) is 9.86. The lowest BCUT2D eigenvalue weighted by Gasteiger charge is -2.42. The molecule has 4 atom stereocenters. The Balaban J connectivity index is 1.33. The molecule has 0 spiro atoms. The van der Waals surface area contributed by atoms with Crippen LogP contribution in [0, 0.1) is 5.92 Å². The van der Waals surface area contributed by atoms with E-state index < -0.39 is 0 Å². The molecule has 1 aromatic carbocycles. The first-order valence-corrected chi connectivity index (χ1v) is 13.1. The highest BCUT2D eigenvalue weighted by Gasteiger charge is 2.39. The van der Waals surface area contributed by atoms with Crippen molar-refractivity contribution in [1.82, 2.24) is 19.8 Å². The average molecular weight is 478 g/mol. The van der Waals surface area contributed by atoms with Crippen molar-refractivity contribution in [2.75, 3.05) is 32.1 Å². The number of nitrogens with zero attached hydrogens (tertiary/aromatic N) is 4. The number of piperidine rings is 1. The Labute approximate surface area is 209 Å². The molecule has 2 saturated heterocycles. The van der Waals surface area contributed by atoms with Crippen LogP contribution >= 0.6 is 0 Å². The summed E-state index contributed by atoms with van der Waals surface area (Å²) in [7, 11) is 2.15. The van der Waals surface area contributed by atoms with Gasteiger partial charge < -0.3 is 19.9 Å². The van der Waals surface area contributed by atoms with Gasteiger partial charge in [0.05, 0.1) is 17.8 Å². The second-order valence-corrected chi connectivity index (χ2v) is 11.3. The fourth-order valence-electron chi connectivity index (χ4n) is 6.06. The first-order chi connectivity index (χ1) is 16.8. The van der Waals surface area contributed by atoms with E-state index in [1.54, 1.807) is 0 Å². The number of likely N-dealkylation sites (N-methyl/N-ethyl adjacent to an activating group) is 1. The number of amides is 1. The molecule has 2 aromatic rings. The molecule has 0 radical (unpaired) electrons. The van der Waals surface area contributed by atoms with Crippen molar-refractivity contribution in [3.63, 3.8) is 0 Å². The summed E-state index contributed by atoms with van der Waals surface area (Å²) in [5.41, 5.74) is 3.26. The van der Waals surface area contributed by atoms with Crippen LogP contribution in [0.1, 0.15) is 62.8 Å². The van der Waals surface area contributed by atoms with E-state index in [2.05, 4.69) is 72.2 Å². The zero-order valence-corrected chi connectivity index (χ0v) is 21.5. The number of carbonyl (C=O) groups is 1. The summed E-state index contributed by atoms with van der Waals surface area (Å²) >= 11 is 0. The maximum Gasteiger partial charge on any atom is 0.227 e. The molecule has 7 nitrogen and oxygen atoms in total. The standard InChI is InChI=1S/C28H39N5O2/c1-19-14-21-16-29-27(30-22-11-13-35-28(2,3)15-22)31-25(21)18-33(19)26(34)23-10-12-32(4)17-24(23)20-8-6-5-7-9-20/h5-9,16,19,22-24H,10-15,17-18H2,1-4H3,(H,29,30,31)/t19-,22+,23+,24-/m1/s1. The predicted octanol–water partition coefficient (Wildman–Crippen LogP) is 3.85. The highest BCUT2D eigenvalue weighted by molar-refractivity contribution is 5.80. The van der Waals surface area contributed by atoms with Gasteiger partial charge in [-0.1, -0.05) is 30.3 Å². The maximum atomic E-state index is 14.0. The van der Waals surface area contributed by atoms with Gasteiger partial charge in [0.15, 0.2) is 0 Å². The van der Waals surface area contributed by atoms with Gasteiger partial charge in [0.25, 0.3) is 0 Å². The number of anilines is 1. The highest BCUT2D eigenvalue weighted by Crippen LogP contribution is 2.35. The largest absolute Gasteiger partial charge is 0.375 e. The topological polar surface area (TPSA) is 70.6 Å². The van der Waals surface area contributed by atoms with Gasteiger partial charge in [0.2, 0.25) is 11.9 Å². The summed E-state index contributed by atoms with van der Waals surface area (Å²) in [6.45, 7) is 9.58. The van der Waals surface area contributed by atoms with E-state index in [9.17, 15) is 4.79 Å². The Morgan fingerprint density at radius 3 is 2.77 bits per heavy atom. The van der Waals surface area contributed by atoms with E-state index in [-0.39, 0.29) is 29.4 Å². The number of aromatic nitrogens is 2. The quantitative estimate of drug-likeness (QED) is 0.721. The molecule has 1 aromatic heterocycles. The van der Waals surface area contributed by atoms with Crippen molar-refractivity contribution in [3.05, 3.63) is 53.3 Å². The van der Waals surface area contributed by atoms with Gasteiger partial charge in [-0.2, -0.15) is 0 Å². The zero-order chi connectivity index (χ0) is 24.6. The summed E-state index contributed by atoms with van der Waals surface area (Å²) in [6.07, 6.45) is 5.51. The number of carbonyl (C=O) groups excluding carboxylic acids is 1. The van der Waals surface area contributed by atoms with Gasteiger partial charge in [-0.05, 0) is 71.2 Å². The van der Waals surface area contributed by atoms with Crippen molar-refractivity contribution in [3.8, 4) is 0 Å². The first kappa shape index (κ1) is 24.2. The van der Waals surface area contributed by atoms with Crippen molar-refractivity contribution >= 4 is 11.9 Å². The number of ether oxygens (including phenoxy) is 1. The number of hydrogen-bond donors (Lipinski definition) is 1. The van der Waals surface area contributed by atoms with Gasteiger partial charge >= 0.3 is 0 Å². The molecule has 0 saturated carbocycles. The lowest BCUT2D eigenvalue weighted by molar-refractivity contribution is -0.141. The lowest BCUT2D eigenvalue weighted by atomic mass is 9.79. The van der Waals surface area contributed by atoms with Crippen LogP contribution in [0.15, 0.2) is 36.5 Å². The molecule has 5 rings (SSSR count). The first-order valence-electron chi connectivity index (χ1n) is 13.1. The molecular weight excluding hydrogens is 438 g/mol. The van der Waals surface area contributed by atoms with Crippen LogP contribution in [-0.4, -0.2) is 70.1 Å². The fraction of sp³-hybridized carbons (Fsp3) is 0.607. The van der Waals surface area contributed by atoms with E-state index in [4.69, 9.17) is 9.72 Å². The van der Waals surface area contributed by atoms with E-state index in [0.717, 1.165) is 56.6 Å². The fourth-order valence-corrected chi connectivity index (χ4v) is 6.06. The second-order valence-electron chi connectivity index (χ2n) is 11.3. The third-order valence-electron chi connectivity index (χ3n) is 8.00. The van der Waals surface area contributed by atoms with Crippen molar-refractivity contribution in [2.24, 2.45) is 5.92 Å². The smallest absolute Gasteiger partial charge is 0.227 e. The van der Waals surface area contributed by atoms with E-state index in [1.807, 2.05) is 12.3 Å². The van der Waals surface area contributed by atoms with Crippen LogP contribution in [0.5, 0.6) is 0 Å². The van der Waals surface area contributed by atoms with Gasteiger partial charge in [0.1, 0.15) is 0 Å². The van der Waals surface area contributed by atoms with Crippen molar-refractivity contribution < 1.29 is 9.53 Å². The molecule has 2 fully saturated rings. The van der Waals surface area contributed by atoms with Crippen LogP contribution in [0.25, 0.3) is 0 Å². The third-order valence-corrected chi connectivity index (χ3v) is 8.00. The number of hydrogen-bond acceptors (Lipinski definition) is 6. The molecule has 7 heteroatoms. The number of rotatable bonds is 4. The summed E-state index contributed by atoms with van der Waals surface area (Å²) in [4.78, 5) is 27.9. The normalized spacial score (nSPS) is 28.9. The maximum absolute atomic E-state index is 14.0. The Hall–Kier alpha value is -2.51. The lowest BCUT2D eigenvalue weighted by Crippen LogP contribution is -2.50. The Kier molecular flexibility index (Phi) is 6.82. The number of nitrogens with one attached hydrogen (secondary N) is 1. The van der Waals surface area contributed by atoms with Crippen LogP contribution in [0.2, 0.25) is 0 Å². The van der Waals surface area contributed by atoms with Crippen LogP contribution in [-0.2, 0) is 22.5 Å². The number of fused-ring (bicyclic) bond motifs is 1. The van der Waals surface area contributed by atoms with Crippen LogP contribution in [0.3, 0.4) is 0 Å². The molecule has 188 valence electrons. The minimum atomic E-state index is -0.133. The SMILES string of the molecule is C[C@@H]1Cc2cnc(N[C@H]3CCOC(C)(C)C3)nc2CN1C(=O)[C@H]1CCN(C)C[C@@H]1c1ccccc1. The molecule has 3 aliphatic heterocycles. The van der Waals surface area contributed by atoms with Crippen LogP contribution < -0.4 is 5.32 Å². The van der Waals surface area contributed by atoms with Gasteiger partial charge in [-0.25, -0.2) is 9.97 Å². The monoisotopic (exact) mass is 477 g/mol. The van der Waals surface area contributed by atoms with Gasteiger partial charge in [0, 0.05) is 43.3 Å². The summed E-state index contributed by atoms with van der Waals surface area (Å²) in [6, 6.07) is 11.0. The summed E-state index contributed by atoms with van der Waals surface area (Å²) < 4.78 is 5.85. The minimum absolute atomic E-state index is 0.00139. The number of benzene rings is 1. The molecule has 0 unspecified atom stereocenters. The molecule has 1 N–H and O–H groups in total. The molecule has 3 aliphatic rings. The van der Waals surface area contributed by atoms with E-state index in [0.29, 0.717) is 18.5 Å². The molecule has 1 amide bonds. The minimum Gasteiger partial charge on any atom is -0.375 e. The van der Waals surface area contributed by atoms with E-state index >= 15 is 0 Å².